The van der Waals surface area contributed by atoms with Gasteiger partial charge in [0.25, 0.3) is 5.91 Å². The first-order chi connectivity index (χ1) is 13.4. The van der Waals surface area contributed by atoms with Crippen molar-refractivity contribution < 1.29 is 23.4 Å². The molecule has 1 saturated carbocycles. The van der Waals surface area contributed by atoms with E-state index >= 15 is 0 Å². The molecule has 1 aliphatic carbocycles. The van der Waals surface area contributed by atoms with Crippen LogP contribution in [0.1, 0.15) is 40.6 Å². The minimum atomic E-state index is -0.664. The van der Waals surface area contributed by atoms with E-state index in [-0.39, 0.29) is 23.6 Å². The first-order valence-electron chi connectivity index (χ1n) is 9.25. The molecule has 7 nitrogen and oxygen atoms in total. The Morgan fingerprint density at radius 1 is 1.29 bits per heavy atom. The zero-order chi connectivity index (χ0) is 19.9. The Kier molecular flexibility index (Phi) is 4.63. The van der Waals surface area contributed by atoms with Gasteiger partial charge in [0.2, 0.25) is 0 Å². The van der Waals surface area contributed by atoms with E-state index < -0.39 is 11.7 Å². The summed E-state index contributed by atoms with van der Waals surface area (Å²) in [5.41, 5.74) is -0.389. The van der Waals surface area contributed by atoms with E-state index in [1.807, 2.05) is 18.2 Å². The van der Waals surface area contributed by atoms with E-state index in [1.165, 1.54) is 0 Å². The number of carbonyl (C=O) groups excluding carboxylic acids is 1. The third-order valence-corrected chi connectivity index (χ3v) is 5.46. The van der Waals surface area contributed by atoms with Gasteiger partial charge < -0.3 is 23.5 Å². The molecule has 1 aliphatic heterocycles. The molecule has 148 valence electrons. The molecule has 0 bridgehead atoms. The van der Waals surface area contributed by atoms with Crippen LogP contribution in [0, 0.1) is 6.92 Å². The molecule has 28 heavy (non-hydrogen) atoms. The van der Waals surface area contributed by atoms with E-state index in [9.17, 15) is 9.59 Å². The molecule has 0 saturated heterocycles. The van der Waals surface area contributed by atoms with Crippen LogP contribution in [0.25, 0.3) is 0 Å². The van der Waals surface area contributed by atoms with Crippen LogP contribution in [-0.2, 0) is 4.74 Å². The highest BCUT2D eigenvalue weighted by Crippen LogP contribution is 2.42. The molecule has 0 N–H and O–H groups in total. The van der Waals surface area contributed by atoms with Crippen LogP contribution < -0.4 is 15.1 Å². The highest BCUT2D eigenvalue weighted by Gasteiger charge is 2.49. The number of hydrogen-bond donors (Lipinski definition) is 0. The number of ether oxygens (including phenoxy) is 3. The lowest BCUT2D eigenvalue weighted by molar-refractivity contribution is 0.0540. The average Bonchev–Trinajstić information content (AvgIpc) is 3.47. The number of rotatable bonds is 5. The van der Waals surface area contributed by atoms with Crippen molar-refractivity contribution >= 4 is 5.91 Å². The molecule has 1 aromatic carbocycles. The first-order valence-corrected chi connectivity index (χ1v) is 9.25. The standard InChI is InChI=1S/C21H23NO6/c1-13-10-16(17-11-26-14-6-4-5-7-15(14)27-17)28-20(24)18(13)19(23)22(2)21(8-9-21)12-25-3/h4-7,10,17H,8-9,11-12H2,1-3H3. The molecule has 2 aromatic rings. The van der Waals surface area contributed by atoms with Crippen molar-refractivity contribution in [2.45, 2.75) is 31.4 Å². The zero-order valence-corrected chi connectivity index (χ0v) is 16.2. The van der Waals surface area contributed by atoms with Gasteiger partial charge in [-0.3, -0.25) is 4.79 Å². The Bertz CT molecular complexity index is 962. The van der Waals surface area contributed by atoms with Crippen molar-refractivity contribution in [3.05, 3.63) is 57.6 Å². The van der Waals surface area contributed by atoms with Crippen LogP contribution in [0.2, 0.25) is 0 Å². The number of benzene rings is 1. The van der Waals surface area contributed by atoms with Crippen LogP contribution in [0.15, 0.2) is 39.5 Å². The largest absolute Gasteiger partial charge is 0.485 e. The van der Waals surface area contributed by atoms with Gasteiger partial charge in [0.15, 0.2) is 23.4 Å². The van der Waals surface area contributed by atoms with Gasteiger partial charge in [0.05, 0.1) is 12.1 Å². The molecule has 1 unspecified atom stereocenters. The predicted octanol–water partition coefficient (Wildman–Crippen LogP) is 2.71. The summed E-state index contributed by atoms with van der Waals surface area (Å²) in [6, 6.07) is 9.00. The maximum Gasteiger partial charge on any atom is 0.349 e. The number of carbonyl (C=O) groups is 1. The van der Waals surface area contributed by atoms with E-state index in [2.05, 4.69) is 0 Å². The van der Waals surface area contributed by atoms with Crippen LogP contribution >= 0.6 is 0 Å². The Morgan fingerprint density at radius 2 is 2.00 bits per heavy atom. The van der Waals surface area contributed by atoms with E-state index in [1.54, 1.807) is 38.1 Å². The lowest BCUT2D eigenvalue weighted by Crippen LogP contribution is -2.44. The monoisotopic (exact) mass is 385 g/mol. The van der Waals surface area contributed by atoms with Crippen molar-refractivity contribution in [1.82, 2.24) is 4.90 Å². The third-order valence-electron chi connectivity index (χ3n) is 5.46. The molecule has 0 spiro atoms. The number of amides is 1. The maximum atomic E-state index is 13.0. The quantitative estimate of drug-likeness (QED) is 0.788. The van der Waals surface area contributed by atoms with Crippen molar-refractivity contribution in [1.29, 1.82) is 0 Å². The molecule has 2 aliphatic rings. The van der Waals surface area contributed by atoms with Gasteiger partial charge in [-0.1, -0.05) is 12.1 Å². The topological polar surface area (TPSA) is 78.2 Å². The Morgan fingerprint density at radius 3 is 2.64 bits per heavy atom. The highest BCUT2D eigenvalue weighted by atomic mass is 16.6. The summed E-state index contributed by atoms with van der Waals surface area (Å²) < 4.78 is 22.3. The smallest absolute Gasteiger partial charge is 0.349 e. The highest BCUT2D eigenvalue weighted by molar-refractivity contribution is 5.95. The minimum Gasteiger partial charge on any atom is -0.485 e. The van der Waals surface area contributed by atoms with Crippen LogP contribution in [0.5, 0.6) is 11.5 Å². The Labute approximate surface area is 162 Å². The number of nitrogens with zero attached hydrogens (tertiary/aromatic N) is 1. The third kappa shape index (κ3) is 3.16. The number of fused-ring (bicyclic) bond motifs is 1. The molecule has 7 heteroatoms. The van der Waals surface area contributed by atoms with Crippen molar-refractivity contribution in [3.63, 3.8) is 0 Å². The Hall–Kier alpha value is -2.80. The van der Waals surface area contributed by atoms with Crippen molar-refractivity contribution in [3.8, 4) is 11.5 Å². The summed E-state index contributed by atoms with van der Waals surface area (Å²) in [4.78, 5) is 27.2. The molecule has 4 rings (SSSR count). The Balaban J connectivity index is 1.59. The second-order valence-electron chi connectivity index (χ2n) is 7.38. The first kappa shape index (κ1) is 18.6. The van der Waals surface area contributed by atoms with Crippen molar-refractivity contribution in [2.75, 3.05) is 27.4 Å². The van der Waals surface area contributed by atoms with E-state index in [0.29, 0.717) is 29.4 Å². The molecule has 2 heterocycles. The summed E-state index contributed by atoms with van der Waals surface area (Å²) in [6.45, 7) is 2.41. The SMILES string of the molecule is COCC1(N(C)C(=O)c2c(C)cc(C3COc4ccccc4O3)oc2=O)CC1. The fourth-order valence-electron chi connectivity index (χ4n) is 3.58. The summed E-state index contributed by atoms with van der Waals surface area (Å²) in [7, 11) is 3.31. The fourth-order valence-corrected chi connectivity index (χ4v) is 3.58. The zero-order valence-electron chi connectivity index (χ0n) is 16.2. The van der Waals surface area contributed by atoms with Crippen LogP contribution in [0.4, 0.5) is 0 Å². The summed E-state index contributed by atoms with van der Waals surface area (Å²) in [5.74, 6) is 1.24. The van der Waals surface area contributed by atoms with E-state index in [4.69, 9.17) is 18.6 Å². The number of aryl methyl sites for hydroxylation is 1. The molecule has 0 radical (unpaired) electrons. The van der Waals surface area contributed by atoms with Gasteiger partial charge >= 0.3 is 5.63 Å². The molecular weight excluding hydrogens is 362 g/mol. The average molecular weight is 385 g/mol. The van der Waals surface area contributed by atoms with Gasteiger partial charge in [0, 0.05) is 14.2 Å². The van der Waals surface area contributed by atoms with Gasteiger partial charge in [-0.15, -0.1) is 0 Å². The van der Waals surface area contributed by atoms with E-state index in [0.717, 1.165) is 12.8 Å². The lowest BCUT2D eigenvalue weighted by atomic mass is 10.1. The maximum absolute atomic E-state index is 13.0. The minimum absolute atomic E-state index is 0.0470. The molecule has 1 atom stereocenters. The molecule has 1 amide bonds. The number of para-hydroxylation sites is 2. The molecule has 1 aromatic heterocycles. The predicted molar refractivity (Wildman–Crippen MR) is 101 cm³/mol. The van der Waals surface area contributed by atoms with Gasteiger partial charge in [-0.05, 0) is 43.5 Å². The van der Waals surface area contributed by atoms with Gasteiger partial charge in [-0.25, -0.2) is 4.79 Å². The molecule has 1 fully saturated rings. The fraction of sp³-hybridized carbons (Fsp3) is 0.429. The number of hydrogen-bond acceptors (Lipinski definition) is 6. The second kappa shape index (κ2) is 6.98. The number of methoxy groups -OCH3 is 1. The van der Waals surface area contributed by atoms with Crippen molar-refractivity contribution in [2.24, 2.45) is 0 Å². The lowest BCUT2D eigenvalue weighted by Gasteiger charge is -2.28. The van der Waals surface area contributed by atoms with Crippen LogP contribution in [0.3, 0.4) is 0 Å². The normalized spacial score (nSPS) is 19.2. The summed E-state index contributed by atoms with van der Waals surface area (Å²) in [5, 5.41) is 0. The van der Waals surface area contributed by atoms with Gasteiger partial charge in [-0.2, -0.15) is 0 Å². The summed E-state index contributed by atoms with van der Waals surface area (Å²) in [6.07, 6.45) is 1.17. The second-order valence-corrected chi connectivity index (χ2v) is 7.38. The van der Waals surface area contributed by atoms with Gasteiger partial charge in [0.1, 0.15) is 12.2 Å². The van der Waals surface area contributed by atoms with Crippen LogP contribution in [-0.4, -0.2) is 43.7 Å². The summed E-state index contributed by atoms with van der Waals surface area (Å²) >= 11 is 0. The molecular formula is C21H23NO6. The number of likely N-dealkylation sites (N-methyl/N-ethyl adjacent to an activating group) is 1.